The highest BCUT2D eigenvalue weighted by Crippen LogP contribution is 2.19. The van der Waals surface area contributed by atoms with Crippen LogP contribution in [0.15, 0.2) is 48.5 Å². The fourth-order valence-electron chi connectivity index (χ4n) is 1.90. The maximum Gasteiger partial charge on any atom is 0.272 e. The SMILES string of the molecule is CNc1ccc(OCCc2ccccc2[N+](=O)[O-])cc1. The quantitative estimate of drug-likeness (QED) is 0.647. The lowest BCUT2D eigenvalue weighted by Gasteiger charge is -2.07. The molecule has 0 saturated carbocycles. The first kappa shape index (κ1) is 13.9. The molecule has 0 heterocycles. The van der Waals surface area contributed by atoms with Gasteiger partial charge in [0.25, 0.3) is 5.69 Å². The van der Waals surface area contributed by atoms with Gasteiger partial charge >= 0.3 is 0 Å². The fraction of sp³-hybridized carbons (Fsp3) is 0.200. The van der Waals surface area contributed by atoms with E-state index in [2.05, 4.69) is 5.32 Å². The summed E-state index contributed by atoms with van der Waals surface area (Å²) in [5.74, 6) is 0.752. The Bertz CT molecular complexity index is 582. The number of nitrogens with one attached hydrogen (secondary N) is 1. The number of nitro groups is 1. The van der Waals surface area contributed by atoms with E-state index in [1.54, 1.807) is 18.2 Å². The van der Waals surface area contributed by atoms with Crippen molar-refractivity contribution in [3.8, 4) is 5.75 Å². The molecule has 0 aliphatic carbocycles. The molecule has 5 nitrogen and oxygen atoms in total. The van der Waals surface area contributed by atoms with Crippen molar-refractivity contribution in [2.45, 2.75) is 6.42 Å². The van der Waals surface area contributed by atoms with Crippen LogP contribution in [0, 0.1) is 10.1 Å². The second-order valence-corrected chi connectivity index (χ2v) is 4.26. The number of rotatable bonds is 6. The molecule has 0 saturated heterocycles. The van der Waals surface area contributed by atoms with Gasteiger partial charge in [-0.15, -0.1) is 0 Å². The summed E-state index contributed by atoms with van der Waals surface area (Å²) in [5.41, 5.74) is 1.84. The molecule has 0 aliphatic rings. The molecular weight excluding hydrogens is 256 g/mol. The van der Waals surface area contributed by atoms with Crippen LogP contribution in [0.1, 0.15) is 5.56 Å². The highest BCUT2D eigenvalue weighted by molar-refractivity contribution is 5.45. The summed E-state index contributed by atoms with van der Waals surface area (Å²) in [5, 5.41) is 13.9. The van der Waals surface area contributed by atoms with E-state index < -0.39 is 0 Å². The van der Waals surface area contributed by atoms with Gasteiger partial charge < -0.3 is 10.1 Å². The molecule has 0 aliphatic heterocycles. The van der Waals surface area contributed by atoms with Crippen LogP contribution in [0.2, 0.25) is 0 Å². The van der Waals surface area contributed by atoms with Gasteiger partial charge in [0, 0.05) is 30.8 Å². The minimum atomic E-state index is -0.364. The first-order valence-electron chi connectivity index (χ1n) is 6.33. The number of hydrogen-bond donors (Lipinski definition) is 1. The van der Waals surface area contributed by atoms with Gasteiger partial charge in [0.2, 0.25) is 0 Å². The number of nitrogens with zero attached hydrogens (tertiary/aromatic N) is 1. The topological polar surface area (TPSA) is 64.4 Å². The average Bonchev–Trinajstić information content (AvgIpc) is 2.48. The van der Waals surface area contributed by atoms with Crippen LogP contribution >= 0.6 is 0 Å². The van der Waals surface area contributed by atoms with Crippen molar-refractivity contribution in [2.24, 2.45) is 0 Å². The van der Waals surface area contributed by atoms with E-state index in [1.165, 1.54) is 6.07 Å². The molecular formula is C15H16N2O3. The van der Waals surface area contributed by atoms with Crippen LogP contribution in [-0.2, 0) is 6.42 Å². The first-order valence-corrected chi connectivity index (χ1v) is 6.33. The molecule has 2 rings (SSSR count). The Hall–Kier alpha value is -2.56. The standard InChI is InChI=1S/C15H16N2O3/c1-16-13-6-8-14(9-7-13)20-11-10-12-4-2-3-5-15(12)17(18)19/h2-9,16H,10-11H2,1H3. The Kier molecular flexibility index (Phi) is 4.55. The third-order valence-electron chi connectivity index (χ3n) is 2.97. The van der Waals surface area contributed by atoms with Crippen molar-refractivity contribution in [1.82, 2.24) is 0 Å². The van der Waals surface area contributed by atoms with E-state index in [0.29, 0.717) is 18.6 Å². The predicted octanol–water partition coefficient (Wildman–Crippen LogP) is 3.26. The Morgan fingerprint density at radius 3 is 2.50 bits per heavy atom. The number of para-hydroxylation sites is 1. The van der Waals surface area contributed by atoms with Gasteiger partial charge in [-0.1, -0.05) is 18.2 Å². The van der Waals surface area contributed by atoms with Crippen LogP contribution < -0.4 is 10.1 Å². The van der Waals surface area contributed by atoms with E-state index in [1.807, 2.05) is 31.3 Å². The molecule has 0 bridgehead atoms. The highest BCUT2D eigenvalue weighted by Gasteiger charge is 2.11. The predicted molar refractivity (Wildman–Crippen MR) is 78.3 cm³/mol. The van der Waals surface area contributed by atoms with Crippen molar-refractivity contribution >= 4 is 11.4 Å². The molecule has 104 valence electrons. The lowest BCUT2D eigenvalue weighted by atomic mass is 10.1. The first-order chi connectivity index (χ1) is 9.70. The van der Waals surface area contributed by atoms with E-state index in [9.17, 15) is 10.1 Å². The summed E-state index contributed by atoms with van der Waals surface area (Å²) >= 11 is 0. The maximum atomic E-state index is 10.9. The molecule has 0 fully saturated rings. The van der Waals surface area contributed by atoms with Gasteiger partial charge in [-0.25, -0.2) is 0 Å². The number of ether oxygens (including phenoxy) is 1. The zero-order valence-corrected chi connectivity index (χ0v) is 11.2. The minimum Gasteiger partial charge on any atom is -0.493 e. The lowest BCUT2D eigenvalue weighted by molar-refractivity contribution is -0.385. The molecule has 1 N–H and O–H groups in total. The lowest BCUT2D eigenvalue weighted by Crippen LogP contribution is -2.04. The highest BCUT2D eigenvalue weighted by atomic mass is 16.6. The zero-order valence-electron chi connectivity index (χ0n) is 11.2. The van der Waals surface area contributed by atoms with E-state index in [-0.39, 0.29) is 10.6 Å². The smallest absolute Gasteiger partial charge is 0.272 e. The molecule has 0 unspecified atom stereocenters. The van der Waals surface area contributed by atoms with Crippen LogP contribution in [0.5, 0.6) is 5.75 Å². The van der Waals surface area contributed by atoms with Crippen molar-refractivity contribution < 1.29 is 9.66 Å². The molecule has 0 radical (unpaired) electrons. The minimum absolute atomic E-state index is 0.140. The summed E-state index contributed by atoms with van der Waals surface area (Å²) in [4.78, 5) is 10.5. The van der Waals surface area contributed by atoms with Crippen LogP contribution in [-0.4, -0.2) is 18.6 Å². The number of anilines is 1. The van der Waals surface area contributed by atoms with Crippen molar-refractivity contribution in [1.29, 1.82) is 0 Å². The Balaban J connectivity index is 1.94. The Morgan fingerprint density at radius 2 is 1.85 bits per heavy atom. The number of nitro benzene ring substituents is 1. The van der Waals surface area contributed by atoms with Crippen LogP contribution in [0.3, 0.4) is 0 Å². The average molecular weight is 272 g/mol. The van der Waals surface area contributed by atoms with Gasteiger partial charge in [-0.3, -0.25) is 10.1 Å². The Morgan fingerprint density at radius 1 is 1.15 bits per heavy atom. The summed E-state index contributed by atoms with van der Waals surface area (Å²) in [6, 6.07) is 14.3. The molecule has 0 aromatic heterocycles. The molecule has 2 aromatic carbocycles. The summed E-state index contributed by atoms with van der Waals surface area (Å²) in [6.45, 7) is 0.407. The normalized spacial score (nSPS) is 10.1. The molecule has 0 amide bonds. The second kappa shape index (κ2) is 6.56. The summed E-state index contributed by atoms with van der Waals surface area (Å²) in [7, 11) is 1.85. The zero-order chi connectivity index (χ0) is 14.4. The molecule has 0 atom stereocenters. The van der Waals surface area contributed by atoms with Gasteiger partial charge in [0.15, 0.2) is 0 Å². The van der Waals surface area contributed by atoms with Crippen molar-refractivity contribution in [2.75, 3.05) is 19.0 Å². The molecule has 5 heteroatoms. The molecule has 20 heavy (non-hydrogen) atoms. The maximum absolute atomic E-state index is 10.9. The monoisotopic (exact) mass is 272 g/mol. The number of benzene rings is 2. The largest absolute Gasteiger partial charge is 0.493 e. The van der Waals surface area contributed by atoms with Crippen LogP contribution in [0.4, 0.5) is 11.4 Å². The summed E-state index contributed by atoms with van der Waals surface area (Å²) < 4.78 is 5.59. The van der Waals surface area contributed by atoms with Gasteiger partial charge in [-0.2, -0.15) is 0 Å². The molecule has 0 spiro atoms. The van der Waals surface area contributed by atoms with Crippen molar-refractivity contribution in [3.05, 3.63) is 64.2 Å². The van der Waals surface area contributed by atoms with E-state index >= 15 is 0 Å². The third-order valence-corrected chi connectivity index (χ3v) is 2.97. The summed E-state index contributed by atoms with van der Waals surface area (Å²) in [6.07, 6.45) is 0.505. The second-order valence-electron chi connectivity index (χ2n) is 4.26. The van der Waals surface area contributed by atoms with Crippen molar-refractivity contribution in [3.63, 3.8) is 0 Å². The van der Waals surface area contributed by atoms with Gasteiger partial charge in [-0.05, 0) is 24.3 Å². The number of hydrogen-bond acceptors (Lipinski definition) is 4. The van der Waals surface area contributed by atoms with Gasteiger partial charge in [0.05, 0.1) is 11.5 Å². The third kappa shape index (κ3) is 3.47. The van der Waals surface area contributed by atoms with E-state index in [4.69, 9.17) is 4.74 Å². The van der Waals surface area contributed by atoms with E-state index in [0.717, 1.165) is 11.4 Å². The fourth-order valence-corrected chi connectivity index (χ4v) is 1.90. The van der Waals surface area contributed by atoms with Gasteiger partial charge in [0.1, 0.15) is 5.75 Å². The Labute approximate surface area is 117 Å². The molecule has 2 aromatic rings. The van der Waals surface area contributed by atoms with Crippen LogP contribution in [0.25, 0.3) is 0 Å².